The average molecular weight is 317 g/mol. The van der Waals surface area contributed by atoms with Crippen LogP contribution in [0.4, 0.5) is 8.78 Å². The number of alkyl halides is 2. The van der Waals surface area contributed by atoms with Crippen molar-refractivity contribution in [2.45, 2.75) is 38.8 Å². The van der Waals surface area contributed by atoms with E-state index in [1.807, 2.05) is 31.2 Å². The van der Waals surface area contributed by atoms with Gasteiger partial charge >= 0.3 is 0 Å². The van der Waals surface area contributed by atoms with Crippen molar-refractivity contribution in [2.24, 2.45) is 0 Å². The molecule has 0 bridgehead atoms. The fraction of sp³-hybridized carbons (Fsp3) is 0.600. The van der Waals surface area contributed by atoms with Gasteiger partial charge in [0.25, 0.3) is 6.43 Å². The number of aryl methyl sites for hydroxylation is 1. The molecule has 0 amide bonds. The number of nitrogens with zero attached hydrogens (tertiary/aromatic N) is 1. The van der Waals surface area contributed by atoms with Crippen molar-refractivity contribution in [3.63, 3.8) is 0 Å². The molecule has 1 saturated heterocycles. The van der Waals surface area contributed by atoms with Gasteiger partial charge in [-0.25, -0.2) is 17.2 Å². The monoisotopic (exact) mass is 317 g/mol. The second-order valence-electron chi connectivity index (χ2n) is 5.63. The molecule has 1 heterocycles. The fourth-order valence-corrected chi connectivity index (χ4v) is 4.24. The lowest BCUT2D eigenvalue weighted by atomic mass is 10.1. The molecule has 0 aliphatic carbocycles. The summed E-state index contributed by atoms with van der Waals surface area (Å²) in [5.74, 6) is 0.205. The fourth-order valence-electron chi connectivity index (χ4n) is 2.77. The third-order valence-corrected chi connectivity index (χ3v) is 5.76. The molecule has 1 aliphatic rings. The maximum Gasteiger partial charge on any atom is 0.251 e. The maximum atomic E-state index is 12.8. The lowest BCUT2D eigenvalue weighted by Crippen LogP contribution is -2.43. The maximum absolute atomic E-state index is 12.8. The van der Waals surface area contributed by atoms with Gasteiger partial charge < -0.3 is 0 Å². The number of hydrogen-bond acceptors (Lipinski definition) is 3. The van der Waals surface area contributed by atoms with Crippen molar-refractivity contribution in [1.82, 2.24) is 4.90 Å². The summed E-state index contributed by atoms with van der Waals surface area (Å²) >= 11 is 0. The Morgan fingerprint density at radius 1 is 1.24 bits per heavy atom. The van der Waals surface area contributed by atoms with Crippen molar-refractivity contribution < 1.29 is 17.2 Å². The first kappa shape index (κ1) is 16.4. The summed E-state index contributed by atoms with van der Waals surface area (Å²) in [6, 6.07) is 7.63. The predicted molar refractivity (Wildman–Crippen MR) is 79.3 cm³/mol. The Morgan fingerprint density at radius 3 is 2.43 bits per heavy atom. The number of sulfone groups is 1. The summed E-state index contributed by atoms with van der Waals surface area (Å²) in [4.78, 5) is 1.74. The molecule has 2 rings (SSSR count). The molecule has 0 unspecified atom stereocenters. The van der Waals surface area contributed by atoms with Crippen molar-refractivity contribution in [2.75, 3.05) is 18.1 Å². The zero-order chi connectivity index (χ0) is 15.5. The lowest BCUT2D eigenvalue weighted by molar-refractivity contribution is 0.0576. The van der Waals surface area contributed by atoms with E-state index in [0.717, 1.165) is 11.1 Å². The summed E-state index contributed by atoms with van der Waals surface area (Å²) in [7, 11) is -2.97. The molecule has 1 fully saturated rings. The molecule has 0 spiro atoms. The third kappa shape index (κ3) is 4.74. The number of benzene rings is 1. The van der Waals surface area contributed by atoms with Gasteiger partial charge in [-0.3, -0.25) is 4.90 Å². The highest BCUT2D eigenvalue weighted by Crippen LogP contribution is 2.22. The molecule has 0 saturated carbocycles. The van der Waals surface area contributed by atoms with E-state index in [-0.39, 0.29) is 24.1 Å². The molecule has 118 valence electrons. The topological polar surface area (TPSA) is 37.4 Å². The highest BCUT2D eigenvalue weighted by atomic mass is 32.2. The Balaban J connectivity index is 2.10. The van der Waals surface area contributed by atoms with E-state index in [1.165, 1.54) is 0 Å². The van der Waals surface area contributed by atoms with E-state index in [9.17, 15) is 17.2 Å². The Morgan fingerprint density at radius 2 is 1.86 bits per heavy atom. The van der Waals surface area contributed by atoms with Gasteiger partial charge in [0.05, 0.1) is 18.1 Å². The van der Waals surface area contributed by atoms with E-state index in [0.29, 0.717) is 19.4 Å². The van der Waals surface area contributed by atoms with Crippen molar-refractivity contribution >= 4 is 9.84 Å². The molecule has 0 radical (unpaired) electrons. The second-order valence-corrected chi connectivity index (χ2v) is 7.93. The average Bonchev–Trinajstić information content (AvgIpc) is 2.40. The summed E-state index contributed by atoms with van der Waals surface area (Å²) in [6.45, 7) is 2.10. The van der Waals surface area contributed by atoms with Gasteiger partial charge in [-0.05, 0) is 30.9 Å². The summed E-state index contributed by atoms with van der Waals surface area (Å²) in [5, 5.41) is 0. The zero-order valence-corrected chi connectivity index (χ0v) is 13.0. The summed E-state index contributed by atoms with van der Waals surface area (Å²) < 4.78 is 48.6. The molecular formula is C15H21F2NO2S. The van der Waals surface area contributed by atoms with Gasteiger partial charge in [-0.15, -0.1) is 0 Å². The largest absolute Gasteiger partial charge is 0.290 e. The molecule has 1 aromatic rings. The van der Waals surface area contributed by atoms with Gasteiger partial charge in [-0.1, -0.05) is 24.3 Å². The predicted octanol–water partition coefficient (Wildman–Crippen LogP) is 2.64. The Bertz CT molecular complexity index is 561. The van der Waals surface area contributed by atoms with E-state index in [2.05, 4.69) is 0 Å². The van der Waals surface area contributed by atoms with E-state index in [1.54, 1.807) is 4.90 Å². The molecule has 0 atom stereocenters. The minimum atomic E-state index is -2.97. The smallest absolute Gasteiger partial charge is 0.251 e. The summed E-state index contributed by atoms with van der Waals surface area (Å²) in [5.41, 5.74) is 2.09. The van der Waals surface area contributed by atoms with Crippen molar-refractivity contribution in [1.29, 1.82) is 0 Å². The van der Waals surface area contributed by atoms with Crippen LogP contribution in [0, 0.1) is 6.92 Å². The lowest BCUT2D eigenvalue weighted by Gasteiger charge is -2.34. The standard InChI is InChI=1S/C15H21F2NO2S/c1-12-4-2-3-5-13(12)10-18(11-15(16)17)14-6-8-21(19,20)9-7-14/h2-5,14-15H,6-11H2,1H3. The molecule has 0 N–H and O–H groups in total. The molecular weight excluding hydrogens is 296 g/mol. The van der Waals surface area contributed by atoms with E-state index in [4.69, 9.17) is 0 Å². The highest BCUT2D eigenvalue weighted by Gasteiger charge is 2.29. The first-order chi connectivity index (χ1) is 9.87. The van der Waals surface area contributed by atoms with Crippen LogP contribution in [0.3, 0.4) is 0 Å². The van der Waals surface area contributed by atoms with Crippen LogP contribution in [0.5, 0.6) is 0 Å². The highest BCUT2D eigenvalue weighted by molar-refractivity contribution is 7.91. The quantitative estimate of drug-likeness (QED) is 0.838. The molecule has 3 nitrogen and oxygen atoms in total. The molecule has 1 aliphatic heterocycles. The van der Waals surface area contributed by atoms with Crippen molar-refractivity contribution in [3.8, 4) is 0 Å². The van der Waals surface area contributed by atoms with Crippen LogP contribution in [0.25, 0.3) is 0 Å². The van der Waals surface area contributed by atoms with Crippen LogP contribution < -0.4 is 0 Å². The second kappa shape index (κ2) is 6.83. The summed E-state index contributed by atoms with van der Waals surface area (Å²) in [6.07, 6.45) is -1.52. The number of rotatable bonds is 5. The molecule has 1 aromatic carbocycles. The van der Waals surface area contributed by atoms with Crippen LogP contribution in [0.15, 0.2) is 24.3 Å². The van der Waals surface area contributed by atoms with Crippen LogP contribution in [0.1, 0.15) is 24.0 Å². The Hall–Kier alpha value is -1.01. The van der Waals surface area contributed by atoms with Crippen LogP contribution in [-0.4, -0.2) is 43.8 Å². The van der Waals surface area contributed by atoms with Gasteiger partial charge in [0.1, 0.15) is 9.84 Å². The van der Waals surface area contributed by atoms with Crippen LogP contribution >= 0.6 is 0 Å². The first-order valence-corrected chi connectivity index (χ1v) is 8.96. The molecule has 6 heteroatoms. The van der Waals surface area contributed by atoms with Gasteiger partial charge in [0.2, 0.25) is 0 Å². The molecule has 0 aromatic heterocycles. The minimum Gasteiger partial charge on any atom is -0.290 e. The minimum absolute atomic E-state index is 0.0814. The zero-order valence-electron chi connectivity index (χ0n) is 12.1. The number of halogens is 2. The SMILES string of the molecule is Cc1ccccc1CN(CC(F)F)C1CCS(=O)(=O)CC1. The Kier molecular flexibility index (Phi) is 5.32. The van der Waals surface area contributed by atoms with Crippen molar-refractivity contribution in [3.05, 3.63) is 35.4 Å². The van der Waals surface area contributed by atoms with Gasteiger partial charge in [0.15, 0.2) is 0 Å². The van der Waals surface area contributed by atoms with Gasteiger partial charge in [0, 0.05) is 12.6 Å². The van der Waals surface area contributed by atoms with Crippen LogP contribution in [-0.2, 0) is 16.4 Å². The van der Waals surface area contributed by atoms with Crippen LogP contribution in [0.2, 0.25) is 0 Å². The molecule has 21 heavy (non-hydrogen) atoms. The van der Waals surface area contributed by atoms with E-state index < -0.39 is 16.3 Å². The third-order valence-electron chi connectivity index (χ3n) is 4.05. The number of hydrogen-bond donors (Lipinski definition) is 0. The Labute approximate surface area is 124 Å². The van der Waals surface area contributed by atoms with E-state index >= 15 is 0 Å². The first-order valence-electron chi connectivity index (χ1n) is 7.14. The van der Waals surface area contributed by atoms with Gasteiger partial charge in [-0.2, -0.15) is 0 Å². The normalized spacial score (nSPS) is 19.3.